The molecule has 2 aliphatic rings. The van der Waals surface area contributed by atoms with E-state index in [2.05, 4.69) is 12.2 Å². The van der Waals surface area contributed by atoms with Crippen molar-refractivity contribution in [3.8, 4) is 0 Å². The normalized spacial score (nSPS) is 30.4. The average molecular weight is 286 g/mol. The van der Waals surface area contributed by atoms with Crippen molar-refractivity contribution in [2.24, 2.45) is 17.8 Å². The maximum atomic E-state index is 11.7. The fourth-order valence-corrected chi connectivity index (χ4v) is 3.15. The van der Waals surface area contributed by atoms with E-state index in [4.69, 9.17) is 14.2 Å². The predicted octanol–water partition coefficient (Wildman–Crippen LogP) is 3.00. The van der Waals surface area contributed by atoms with Gasteiger partial charge in [0.2, 0.25) is 0 Å². The minimum Gasteiger partial charge on any atom is -0.379 e. The Kier molecular flexibility index (Phi) is 7.55. The van der Waals surface area contributed by atoms with Gasteiger partial charge in [0, 0.05) is 0 Å². The number of halogens is 1. The molecular formula is C16H27FO3. The second-order valence-corrected chi connectivity index (χ2v) is 5.61. The summed E-state index contributed by atoms with van der Waals surface area (Å²) in [6, 6.07) is 0. The van der Waals surface area contributed by atoms with Crippen LogP contribution in [0.4, 0.5) is 4.39 Å². The molecule has 0 saturated heterocycles. The fraction of sp³-hybridized carbons (Fsp3) is 0.875. The third-order valence-electron chi connectivity index (χ3n) is 4.28. The monoisotopic (exact) mass is 286 g/mol. The molecule has 0 heterocycles. The minimum atomic E-state index is -0.428. The number of hydrogen-bond donors (Lipinski definition) is 0. The number of hydrogen-bond acceptors (Lipinski definition) is 3. The summed E-state index contributed by atoms with van der Waals surface area (Å²) in [7, 11) is 0. The zero-order valence-electron chi connectivity index (χ0n) is 12.3. The zero-order valence-corrected chi connectivity index (χ0v) is 12.3. The summed E-state index contributed by atoms with van der Waals surface area (Å²) in [6.45, 7) is 2.85. The van der Waals surface area contributed by atoms with E-state index in [1.54, 1.807) is 0 Å². The fourth-order valence-electron chi connectivity index (χ4n) is 3.15. The van der Waals surface area contributed by atoms with Crippen LogP contribution in [0.3, 0.4) is 0 Å². The molecule has 2 rings (SSSR count). The summed E-state index contributed by atoms with van der Waals surface area (Å²) in [5, 5.41) is 0. The first-order valence-corrected chi connectivity index (χ1v) is 7.87. The van der Waals surface area contributed by atoms with Crippen LogP contribution in [0.5, 0.6) is 0 Å². The molecule has 2 unspecified atom stereocenters. The van der Waals surface area contributed by atoms with Gasteiger partial charge in [0.05, 0.1) is 39.6 Å². The summed E-state index contributed by atoms with van der Waals surface area (Å²) >= 11 is 0. The molecule has 0 amide bonds. The Bertz CT molecular complexity index is 267. The van der Waals surface area contributed by atoms with Gasteiger partial charge < -0.3 is 14.2 Å². The van der Waals surface area contributed by atoms with Crippen molar-refractivity contribution in [2.45, 2.75) is 25.7 Å². The molecule has 2 atom stereocenters. The van der Waals surface area contributed by atoms with Gasteiger partial charge in [-0.2, -0.15) is 0 Å². The van der Waals surface area contributed by atoms with E-state index in [1.165, 1.54) is 25.7 Å². The summed E-state index contributed by atoms with van der Waals surface area (Å²) in [6.07, 6.45) is 9.78. The molecule has 1 fully saturated rings. The maximum Gasteiger partial charge on any atom is 0.113 e. The summed E-state index contributed by atoms with van der Waals surface area (Å²) in [4.78, 5) is 0. The molecule has 20 heavy (non-hydrogen) atoms. The highest BCUT2D eigenvalue weighted by atomic mass is 19.1. The quantitative estimate of drug-likeness (QED) is 0.456. The molecule has 0 aromatic heterocycles. The van der Waals surface area contributed by atoms with Gasteiger partial charge in [0.15, 0.2) is 0 Å². The van der Waals surface area contributed by atoms with Gasteiger partial charge >= 0.3 is 0 Å². The lowest BCUT2D eigenvalue weighted by molar-refractivity contribution is 0.00929. The van der Waals surface area contributed by atoms with E-state index in [-0.39, 0.29) is 6.61 Å². The van der Waals surface area contributed by atoms with Crippen molar-refractivity contribution in [2.75, 3.05) is 46.3 Å². The second-order valence-electron chi connectivity index (χ2n) is 5.61. The molecule has 4 heteroatoms. The Morgan fingerprint density at radius 1 is 0.800 bits per heavy atom. The topological polar surface area (TPSA) is 27.7 Å². The Hall–Kier alpha value is -0.450. The van der Waals surface area contributed by atoms with E-state index in [9.17, 15) is 4.39 Å². The molecule has 0 N–H and O–H groups in total. The zero-order chi connectivity index (χ0) is 14.0. The van der Waals surface area contributed by atoms with E-state index >= 15 is 0 Å². The number of ether oxygens (including phenoxy) is 3. The Balaban J connectivity index is 1.41. The van der Waals surface area contributed by atoms with Gasteiger partial charge in [-0.3, -0.25) is 0 Å². The smallest absolute Gasteiger partial charge is 0.113 e. The molecule has 0 aromatic rings. The molecule has 1 saturated carbocycles. The number of fused-ring (bicyclic) bond motifs is 1. The molecule has 116 valence electrons. The van der Waals surface area contributed by atoms with Crippen molar-refractivity contribution in [1.29, 1.82) is 0 Å². The first-order chi connectivity index (χ1) is 9.93. The largest absolute Gasteiger partial charge is 0.379 e. The number of allylic oxidation sites excluding steroid dienone is 2. The molecule has 0 bridgehead atoms. The molecule has 3 nitrogen and oxygen atoms in total. The van der Waals surface area contributed by atoms with Crippen LogP contribution in [-0.4, -0.2) is 46.3 Å². The molecule has 0 radical (unpaired) electrons. The predicted molar refractivity (Wildman–Crippen MR) is 76.5 cm³/mol. The molecular weight excluding hydrogens is 259 g/mol. The number of alkyl halides is 1. The standard InChI is InChI=1S/C16H27FO3/c17-7-8-18-9-10-19-11-12-20-13-16-14-5-3-1-2-4-6-15(14)16/h1-2,14-16H,3-13H2/b2-1+. The van der Waals surface area contributed by atoms with Crippen molar-refractivity contribution >= 4 is 0 Å². The highest BCUT2D eigenvalue weighted by Gasteiger charge is 2.48. The second kappa shape index (κ2) is 9.48. The van der Waals surface area contributed by atoms with Gasteiger partial charge in [0.1, 0.15) is 6.67 Å². The Morgan fingerprint density at radius 2 is 1.35 bits per heavy atom. The van der Waals surface area contributed by atoms with E-state index in [0.29, 0.717) is 26.4 Å². The van der Waals surface area contributed by atoms with Crippen LogP contribution >= 0.6 is 0 Å². The van der Waals surface area contributed by atoms with Crippen molar-refractivity contribution < 1.29 is 18.6 Å². The van der Waals surface area contributed by atoms with E-state index in [1.807, 2.05) is 0 Å². The van der Waals surface area contributed by atoms with Crippen LogP contribution < -0.4 is 0 Å². The van der Waals surface area contributed by atoms with Crippen molar-refractivity contribution in [3.05, 3.63) is 12.2 Å². The van der Waals surface area contributed by atoms with Gasteiger partial charge in [-0.25, -0.2) is 4.39 Å². The highest BCUT2D eigenvalue weighted by molar-refractivity contribution is 5.01. The highest BCUT2D eigenvalue weighted by Crippen LogP contribution is 2.52. The molecule has 0 aliphatic heterocycles. The van der Waals surface area contributed by atoms with E-state index < -0.39 is 6.67 Å². The first kappa shape index (κ1) is 15.9. The van der Waals surface area contributed by atoms with Crippen LogP contribution in [-0.2, 0) is 14.2 Å². The van der Waals surface area contributed by atoms with Gasteiger partial charge in [0.25, 0.3) is 0 Å². The molecule has 0 aromatic carbocycles. The van der Waals surface area contributed by atoms with Gasteiger partial charge in [-0.1, -0.05) is 12.2 Å². The van der Waals surface area contributed by atoms with Crippen LogP contribution in [0.15, 0.2) is 12.2 Å². The van der Waals surface area contributed by atoms with Crippen molar-refractivity contribution in [3.63, 3.8) is 0 Å². The number of rotatable bonds is 10. The van der Waals surface area contributed by atoms with Crippen LogP contribution in [0.25, 0.3) is 0 Å². The summed E-state index contributed by atoms with van der Waals surface area (Å²) in [5.74, 6) is 2.58. The SMILES string of the molecule is FCCOCCOCCOCC1C2CC/C=C/CCC21. The molecule has 0 spiro atoms. The minimum absolute atomic E-state index is 0.166. The van der Waals surface area contributed by atoms with Crippen LogP contribution in [0.2, 0.25) is 0 Å². The summed E-state index contributed by atoms with van der Waals surface area (Å²) in [5.41, 5.74) is 0. The lowest BCUT2D eigenvalue weighted by Gasteiger charge is -2.06. The first-order valence-electron chi connectivity index (χ1n) is 7.87. The van der Waals surface area contributed by atoms with Gasteiger partial charge in [-0.05, 0) is 43.4 Å². The van der Waals surface area contributed by atoms with Crippen LogP contribution in [0.1, 0.15) is 25.7 Å². The third-order valence-corrected chi connectivity index (χ3v) is 4.28. The van der Waals surface area contributed by atoms with Crippen molar-refractivity contribution in [1.82, 2.24) is 0 Å². The van der Waals surface area contributed by atoms with E-state index in [0.717, 1.165) is 24.4 Å². The Labute approximate surface area is 121 Å². The third kappa shape index (κ3) is 5.51. The lowest BCUT2D eigenvalue weighted by atomic mass is 10.1. The lowest BCUT2D eigenvalue weighted by Crippen LogP contribution is -2.11. The molecule has 2 aliphatic carbocycles. The summed E-state index contributed by atoms with van der Waals surface area (Å²) < 4.78 is 27.8. The average Bonchev–Trinajstić information content (AvgIpc) is 3.06. The Morgan fingerprint density at radius 3 is 1.95 bits per heavy atom. The van der Waals surface area contributed by atoms with Gasteiger partial charge in [-0.15, -0.1) is 0 Å². The van der Waals surface area contributed by atoms with Crippen LogP contribution in [0, 0.1) is 17.8 Å². The maximum absolute atomic E-state index is 11.7.